The summed E-state index contributed by atoms with van der Waals surface area (Å²) in [6.45, 7) is 12.6. The van der Waals surface area contributed by atoms with Gasteiger partial charge in [0.25, 0.3) is 0 Å². The molecule has 6 heteroatoms. The highest BCUT2D eigenvalue weighted by Crippen LogP contribution is 2.32. The van der Waals surface area contributed by atoms with Gasteiger partial charge >= 0.3 is 14.6 Å². The minimum Gasteiger partial charge on any atom is -0.463 e. The van der Waals surface area contributed by atoms with Crippen molar-refractivity contribution in [2.45, 2.75) is 53.4 Å². The van der Waals surface area contributed by atoms with Gasteiger partial charge in [-0.05, 0) is 26.7 Å². The summed E-state index contributed by atoms with van der Waals surface area (Å²) < 4.78 is 14.6. The zero-order valence-corrected chi connectivity index (χ0v) is 14.1. The van der Waals surface area contributed by atoms with Gasteiger partial charge in [-0.25, -0.2) is 4.79 Å². The molecule has 0 aliphatic heterocycles. The molecule has 0 spiro atoms. The molecule has 0 saturated carbocycles. The van der Waals surface area contributed by atoms with Crippen molar-refractivity contribution in [3.63, 3.8) is 0 Å². The van der Waals surface area contributed by atoms with Crippen molar-refractivity contribution in [2.75, 3.05) is 19.8 Å². The van der Waals surface area contributed by atoms with Crippen molar-refractivity contribution in [2.24, 2.45) is 0 Å². The van der Waals surface area contributed by atoms with Gasteiger partial charge in [-0.3, -0.25) is 0 Å². The highest BCUT2D eigenvalue weighted by atomic mass is 31.2. The second kappa shape index (κ2) is 16.6. The van der Waals surface area contributed by atoms with Crippen LogP contribution in [0.25, 0.3) is 0 Å². The van der Waals surface area contributed by atoms with Crippen LogP contribution in [0.5, 0.6) is 0 Å². The summed E-state index contributed by atoms with van der Waals surface area (Å²) in [6, 6.07) is 0. The van der Waals surface area contributed by atoms with Gasteiger partial charge in [0.05, 0.1) is 19.8 Å². The molecule has 0 rings (SSSR count). The first-order valence-corrected chi connectivity index (χ1v) is 8.19. The molecule has 1 N–H and O–H groups in total. The largest absolute Gasteiger partial charge is 0.463 e. The molecule has 0 aliphatic rings. The smallest absolute Gasteiger partial charge is 0.333 e. The van der Waals surface area contributed by atoms with E-state index in [0.29, 0.717) is 25.4 Å². The van der Waals surface area contributed by atoms with E-state index in [0.717, 1.165) is 25.7 Å². The molecular weight excluding hydrogens is 279 g/mol. The molecule has 0 bridgehead atoms. The Morgan fingerprint density at radius 1 is 1.10 bits per heavy atom. The van der Waals surface area contributed by atoms with Gasteiger partial charge in [0.2, 0.25) is 0 Å². The first-order chi connectivity index (χ1) is 9.49. The minimum atomic E-state index is -1.60. The number of carbonyl (C=O) groups is 1. The fourth-order valence-electron chi connectivity index (χ4n) is 0.866. The number of hydrogen-bond acceptors (Lipinski definition) is 5. The lowest BCUT2D eigenvalue weighted by Gasteiger charge is -2.09. The summed E-state index contributed by atoms with van der Waals surface area (Å²) in [5.41, 5.74) is 0.451. The molecule has 120 valence electrons. The lowest BCUT2D eigenvalue weighted by Crippen LogP contribution is -2.03. The van der Waals surface area contributed by atoms with Crippen LogP contribution in [0.2, 0.25) is 0 Å². The summed E-state index contributed by atoms with van der Waals surface area (Å²) in [4.78, 5) is 19.5. The molecule has 20 heavy (non-hydrogen) atoms. The van der Waals surface area contributed by atoms with Crippen molar-refractivity contribution in [1.29, 1.82) is 0 Å². The van der Waals surface area contributed by atoms with E-state index in [1.165, 1.54) is 0 Å². The normalized spacial score (nSPS) is 9.90. The second-order valence-corrected chi connectivity index (χ2v) is 5.10. The molecular formula is C14H29O5P. The van der Waals surface area contributed by atoms with E-state index in [1.807, 2.05) is 0 Å². The highest BCUT2D eigenvalue weighted by molar-refractivity contribution is 7.40. The molecule has 0 aromatic carbocycles. The number of ether oxygens (including phenoxy) is 1. The van der Waals surface area contributed by atoms with Crippen LogP contribution in [0.3, 0.4) is 0 Å². The molecule has 0 aliphatic carbocycles. The molecule has 0 saturated heterocycles. The maximum Gasteiger partial charge on any atom is 0.333 e. The molecule has 5 nitrogen and oxygen atoms in total. The van der Waals surface area contributed by atoms with Crippen LogP contribution in [-0.4, -0.2) is 30.7 Å². The van der Waals surface area contributed by atoms with Crippen molar-refractivity contribution in [3.8, 4) is 0 Å². The molecule has 0 amide bonds. The van der Waals surface area contributed by atoms with Crippen LogP contribution in [-0.2, 0) is 18.6 Å². The molecule has 0 heterocycles. The predicted molar refractivity (Wildman–Crippen MR) is 82.3 cm³/mol. The van der Waals surface area contributed by atoms with E-state index >= 15 is 0 Å². The van der Waals surface area contributed by atoms with Gasteiger partial charge in [-0.1, -0.05) is 33.3 Å². The highest BCUT2D eigenvalue weighted by Gasteiger charge is 2.04. The Morgan fingerprint density at radius 2 is 1.55 bits per heavy atom. The van der Waals surface area contributed by atoms with E-state index in [-0.39, 0.29) is 5.97 Å². The zero-order valence-electron chi connectivity index (χ0n) is 13.2. The quantitative estimate of drug-likeness (QED) is 0.286. The molecule has 0 aromatic rings. The van der Waals surface area contributed by atoms with Crippen molar-refractivity contribution in [1.82, 2.24) is 0 Å². The van der Waals surface area contributed by atoms with Crippen molar-refractivity contribution < 1.29 is 23.5 Å². The van der Waals surface area contributed by atoms with Gasteiger partial charge in [-0.2, -0.15) is 0 Å². The van der Waals surface area contributed by atoms with Crippen molar-refractivity contribution >= 4 is 14.6 Å². The predicted octanol–water partition coefficient (Wildman–Crippen LogP) is 3.96. The lowest BCUT2D eigenvalue weighted by atomic mass is 10.4. The fourth-order valence-corrected chi connectivity index (χ4v) is 1.51. The Morgan fingerprint density at radius 3 is 1.80 bits per heavy atom. The molecule has 0 fully saturated rings. The third-order valence-corrected chi connectivity index (χ3v) is 2.83. The van der Waals surface area contributed by atoms with Crippen LogP contribution < -0.4 is 0 Å². The average molecular weight is 308 g/mol. The Labute approximate surface area is 124 Å². The van der Waals surface area contributed by atoms with Crippen LogP contribution in [0.1, 0.15) is 53.4 Å². The fraction of sp³-hybridized carbons (Fsp3) is 0.786. The molecule has 0 aromatic heterocycles. The summed E-state index contributed by atoms with van der Waals surface area (Å²) in [5.74, 6) is -0.312. The first kappa shape index (κ1) is 21.8. The maximum atomic E-state index is 10.4. The van der Waals surface area contributed by atoms with E-state index in [9.17, 15) is 4.79 Å². The summed E-state index contributed by atoms with van der Waals surface area (Å²) in [7, 11) is -1.60. The van der Waals surface area contributed by atoms with E-state index in [2.05, 4.69) is 25.2 Å². The van der Waals surface area contributed by atoms with Crippen LogP contribution in [0, 0.1) is 0 Å². The van der Waals surface area contributed by atoms with Crippen LogP contribution in [0.4, 0.5) is 0 Å². The number of carbonyl (C=O) groups excluding carboxylic acids is 1. The van der Waals surface area contributed by atoms with E-state index in [4.69, 9.17) is 13.9 Å². The van der Waals surface area contributed by atoms with Crippen molar-refractivity contribution in [3.05, 3.63) is 12.2 Å². The van der Waals surface area contributed by atoms with Gasteiger partial charge in [0.1, 0.15) is 0 Å². The Hall–Kier alpha value is -0.480. The monoisotopic (exact) mass is 308 g/mol. The summed E-state index contributed by atoms with van der Waals surface area (Å²) in [5, 5.41) is 0. The third-order valence-electron chi connectivity index (χ3n) is 2.02. The Bertz CT molecular complexity index is 236. The molecule has 0 unspecified atom stereocenters. The van der Waals surface area contributed by atoms with Crippen LogP contribution in [0.15, 0.2) is 12.2 Å². The summed E-state index contributed by atoms with van der Waals surface area (Å²) >= 11 is 0. The number of esters is 1. The maximum absolute atomic E-state index is 10.4. The zero-order chi connectivity index (χ0) is 15.8. The lowest BCUT2D eigenvalue weighted by molar-refractivity contribution is -0.138. The average Bonchev–Trinajstić information content (AvgIpc) is 2.40. The number of rotatable bonds is 10. The van der Waals surface area contributed by atoms with Crippen LogP contribution >= 0.6 is 8.60 Å². The van der Waals surface area contributed by atoms with Gasteiger partial charge in [-0.15, -0.1) is 0 Å². The van der Waals surface area contributed by atoms with Gasteiger partial charge < -0.3 is 18.7 Å². The van der Waals surface area contributed by atoms with Gasteiger partial charge in [0.15, 0.2) is 0 Å². The standard InChI is InChI=1S/C8H19O3P.C6H10O2/c1-3-5-7-10-12(9)11-8-6-4-2;1-4-8-6(7)5(2)3/h9H,3-8H2,1-2H3;2,4H2,1,3H3. The molecule has 0 radical (unpaired) electrons. The first-order valence-electron chi connectivity index (χ1n) is 7.06. The number of unbranched alkanes of at least 4 members (excludes halogenated alkanes) is 2. The van der Waals surface area contributed by atoms with Gasteiger partial charge in [0, 0.05) is 5.57 Å². The minimum absolute atomic E-state index is 0.312. The molecule has 0 atom stereocenters. The van der Waals surface area contributed by atoms with E-state index < -0.39 is 8.60 Å². The van der Waals surface area contributed by atoms with E-state index in [1.54, 1.807) is 13.8 Å². The number of hydrogen-bond donors (Lipinski definition) is 1. The SMILES string of the molecule is C=C(C)C(=O)OCC.CCCCOP(O)OCCCC. The summed E-state index contributed by atoms with van der Waals surface area (Å²) in [6.07, 6.45) is 4.13. The Balaban J connectivity index is 0. The Kier molecular flexibility index (Phi) is 18.1. The second-order valence-electron chi connectivity index (χ2n) is 4.11. The third kappa shape index (κ3) is 17.5. The topological polar surface area (TPSA) is 65.0 Å².